The summed E-state index contributed by atoms with van der Waals surface area (Å²) in [6, 6.07) is -0.161. The minimum absolute atomic E-state index is 0.161. The van der Waals surface area contributed by atoms with Gasteiger partial charge in [-0.2, -0.15) is 0 Å². The molecule has 1 saturated heterocycles. The van der Waals surface area contributed by atoms with Crippen molar-refractivity contribution in [3.8, 4) is 0 Å². The molecule has 134 valence electrons. The Morgan fingerprint density at radius 1 is 1.52 bits per heavy atom. The first-order valence-electron chi connectivity index (χ1n) is 8.82. The lowest BCUT2D eigenvalue weighted by atomic mass is 9.94. The van der Waals surface area contributed by atoms with Crippen LogP contribution in [-0.4, -0.2) is 47.3 Å². The van der Waals surface area contributed by atoms with Gasteiger partial charge in [0, 0.05) is 16.2 Å². The van der Waals surface area contributed by atoms with Crippen molar-refractivity contribution in [1.82, 2.24) is 4.90 Å². The summed E-state index contributed by atoms with van der Waals surface area (Å²) < 4.78 is 6.34. The number of esters is 1. The molecule has 0 spiro atoms. The van der Waals surface area contributed by atoms with Gasteiger partial charge in [-0.15, -0.1) is 0 Å². The number of carbonyl (C=O) groups excluding carboxylic acids is 1. The van der Waals surface area contributed by atoms with E-state index < -0.39 is 11.6 Å². The molecule has 3 atom stereocenters. The zero-order valence-electron chi connectivity index (χ0n) is 15.0. The molecule has 1 rings (SSSR count). The summed E-state index contributed by atoms with van der Waals surface area (Å²) in [6.45, 7) is 9.85. The number of nitrogens with zero attached hydrogens (tertiary/aromatic N) is 1. The highest BCUT2D eigenvalue weighted by Gasteiger charge is 2.45. The number of hydrogen-bond donors (Lipinski definition) is 1. The Morgan fingerprint density at radius 2 is 2.22 bits per heavy atom. The third kappa shape index (κ3) is 6.35. The molecule has 1 aliphatic rings. The number of rotatable bonds is 9. The second-order valence-corrected chi connectivity index (χ2v) is 8.12. The summed E-state index contributed by atoms with van der Waals surface area (Å²) in [5.41, 5.74) is -1.43. The zero-order valence-corrected chi connectivity index (χ0v) is 17.1. The molecule has 0 aromatic carbocycles. The first kappa shape index (κ1) is 20.9. The summed E-state index contributed by atoms with van der Waals surface area (Å²) in [6.07, 6.45) is 7.87. The van der Waals surface area contributed by atoms with Crippen LogP contribution >= 0.6 is 22.6 Å². The Bertz CT molecular complexity index is 409. The first-order chi connectivity index (χ1) is 10.8. The number of ether oxygens (including phenoxy) is 1. The van der Waals surface area contributed by atoms with Gasteiger partial charge in [0.15, 0.2) is 5.60 Å². The zero-order chi connectivity index (χ0) is 17.5. The molecule has 5 heteroatoms. The molecule has 0 aromatic rings. The van der Waals surface area contributed by atoms with E-state index in [0.717, 1.165) is 25.9 Å². The summed E-state index contributed by atoms with van der Waals surface area (Å²) in [7, 11) is 0. The second-order valence-electron chi connectivity index (χ2n) is 6.73. The van der Waals surface area contributed by atoms with Gasteiger partial charge in [0.25, 0.3) is 0 Å². The third-order valence-corrected chi connectivity index (χ3v) is 5.23. The molecule has 1 N–H and O–H groups in total. The molecule has 4 nitrogen and oxygen atoms in total. The Hall–Kier alpha value is -0.140. The predicted molar refractivity (Wildman–Crippen MR) is 103 cm³/mol. The fourth-order valence-electron chi connectivity index (χ4n) is 3.23. The summed E-state index contributed by atoms with van der Waals surface area (Å²) in [4.78, 5) is 14.3. The van der Waals surface area contributed by atoms with Crippen molar-refractivity contribution in [3.05, 3.63) is 9.66 Å². The lowest BCUT2D eigenvalue weighted by molar-refractivity contribution is -0.169. The molecule has 0 radical (unpaired) electrons. The minimum Gasteiger partial charge on any atom is -0.464 e. The standard InChI is InChI=1S/C18H32INO3/c1-5-7-9-14(3)12-15(19)13-20-11-8-10-16(20)18(4,22)17(21)23-6-2/h12,14,16,22H,5-11,13H2,1-4H3/b15-12+/t14-,16+,18-/m1/s1. The number of hydrogen-bond acceptors (Lipinski definition) is 4. The molecular weight excluding hydrogens is 405 g/mol. The highest BCUT2D eigenvalue weighted by Crippen LogP contribution is 2.30. The molecule has 23 heavy (non-hydrogen) atoms. The van der Waals surface area contributed by atoms with E-state index >= 15 is 0 Å². The molecule has 1 heterocycles. The molecule has 1 fully saturated rings. The van der Waals surface area contributed by atoms with E-state index in [1.54, 1.807) is 13.8 Å². The third-order valence-electron chi connectivity index (χ3n) is 4.53. The average molecular weight is 437 g/mol. The minimum atomic E-state index is -1.43. The highest BCUT2D eigenvalue weighted by atomic mass is 127. The normalized spacial score (nSPS) is 23.6. The van der Waals surface area contributed by atoms with E-state index in [9.17, 15) is 9.90 Å². The Morgan fingerprint density at radius 3 is 2.83 bits per heavy atom. The summed E-state index contributed by atoms with van der Waals surface area (Å²) in [5.74, 6) is 0.0701. The number of allylic oxidation sites excluding steroid dienone is 1. The van der Waals surface area contributed by atoms with Crippen LogP contribution in [0.25, 0.3) is 0 Å². The Labute approximate surface area is 154 Å². The Kier molecular flexibility index (Phi) is 9.08. The number of unbranched alkanes of at least 4 members (excludes halogenated alkanes) is 1. The number of aliphatic hydroxyl groups is 1. The van der Waals surface area contributed by atoms with Crippen LogP contribution in [0.5, 0.6) is 0 Å². The van der Waals surface area contributed by atoms with Crippen molar-refractivity contribution >= 4 is 28.6 Å². The average Bonchev–Trinajstić information content (AvgIpc) is 2.93. The van der Waals surface area contributed by atoms with Crippen LogP contribution < -0.4 is 0 Å². The van der Waals surface area contributed by atoms with Crippen LogP contribution in [0.2, 0.25) is 0 Å². The van der Waals surface area contributed by atoms with E-state index in [2.05, 4.69) is 47.4 Å². The van der Waals surface area contributed by atoms with Gasteiger partial charge < -0.3 is 9.84 Å². The van der Waals surface area contributed by atoms with Gasteiger partial charge in [-0.25, -0.2) is 4.79 Å². The van der Waals surface area contributed by atoms with Gasteiger partial charge in [-0.3, -0.25) is 4.90 Å². The maximum Gasteiger partial charge on any atom is 0.339 e. The molecule has 0 saturated carbocycles. The van der Waals surface area contributed by atoms with Crippen molar-refractivity contribution in [1.29, 1.82) is 0 Å². The molecule has 0 aliphatic carbocycles. The van der Waals surface area contributed by atoms with E-state index in [4.69, 9.17) is 4.74 Å². The fraction of sp³-hybridized carbons (Fsp3) is 0.833. The van der Waals surface area contributed by atoms with Crippen molar-refractivity contribution in [2.24, 2.45) is 5.92 Å². The fourth-order valence-corrected chi connectivity index (χ4v) is 4.28. The van der Waals surface area contributed by atoms with Gasteiger partial charge in [0.05, 0.1) is 6.61 Å². The summed E-state index contributed by atoms with van der Waals surface area (Å²) in [5, 5.41) is 10.7. The van der Waals surface area contributed by atoms with Crippen LogP contribution in [0.4, 0.5) is 0 Å². The second kappa shape index (κ2) is 9.99. The van der Waals surface area contributed by atoms with Crippen LogP contribution in [-0.2, 0) is 9.53 Å². The van der Waals surface area contributed by atoms with Crippen molar-refractivity contribution in [2.75, 3.05) is 19.7 Å². The smallest absolute Gasteiger partial charge is 0.339 e. The number of likely N-dealkylation sites (tertiary alicyclic amines) is 1. The van der Waals surface area contributed by atoms with Gasteiger partial charge in [-0.05, 0) is 68.2 Å². The maximum atomic E-state index is 12.1. The number of carbonyl (C=O) groups is 1. The Balaban J connectivity index is 2.68. The van der Waals surface area contributed by atoms with Crippen LogP contribution in [0.3, 0.4) is 0 Å². The lowest BCUT2D eigenvalue weighted by Gasteiger charge is -2.34. The topological polar surface area (TPSA) is 49.8 Å². The van der Waals surface area contributed by atoms with Crippen LogP contribution in [0.1, 0.15) is 59.8 Å². The number of halogens is 1. The maximum absolute atomic E-state index is 12.1. The van der Waals surface area contributed by atoms with Gasteiger partial charge >= 0.3 is 5.97 Å². The van der Waals surface area contributed by atoms with E-state index in [1.165, 1.54) is 22.8 Å². The SMILES string of the molecule is CCCC[C@@H](C)/C=C(/I)CN1CCC[C@H]1[C@@](C)(O)C(=O)OCC. The molecule has 0 unspecified atom stereocenters. The predicted octanol–water partition coefficient (Wildman–Crippen LogP) is 3.91. The van der Waals surface area contributed by atoms with Crippen molar-refractivity contribution in [2.45, 2.75) is 71.4 Å². The van der Waals surface area contributed by atoms with Gasteiger partial charge in [0.2, 0.25) is 0 Å². The van der Waals surface area contributed by atoms with Crippen molar-refractivity contribution < 1.29 is 14.6 Å². The largest absolute Gasteiger partial charge is 0.464 e. The highest BCUT2D eigenvalue weighted by molar-refractivity contribution is 14.1. The molecule has 0 bridgehead atoms. The van der Waals surface area contributed by atoms with E-state index in [0.29, 0.717) is 12.5 Å². The van der Waals surface area contributed by atoms with Crippen LogP contribution in [0.15, 0.2) is 9.66 Å². The van der Waals surface area contributed by atoms with Gasteiger partial charge in [-0.1, -0.05) is 32.8 Å². The molecule has 0 amide bonds. The monoisotopic (exact) mass is 437 g/mol. The molecular formula is C18H32INO3. The van der Waals surface area contributed by atoms with Crippen molar-refractivity contribution in [3.63, 3.8) is 0 Å². The molecule has 1 aliphatic heterocycles. The lowest BCUT2D eigenvalue weighted by Crippen LogP contribution is -2.53. The quantitative estimate of drug-likeness (QED) is 0.439. The van der Waals surface area contributed by atoms with E-state index in [-0.39, 0.29) is 6.04 Å². The first-order valence-corrected chi connectivity index (χ1v) is 9.90. The van der Waals surface area contributed by atoms with Crippen LogP contribution in [0, 0.1) is 5.92 Å². The molecule has 0 aromatic heterocycles. The summed E-state index contributed by atoms with van der Waals surface area (Å²) >= 11 is 2.39. The van der Waals surface area contributed by atoms with Gasteiger partial charge in [0.1, 0.15) is 0 Å². The van der Waals surface area contributed by atoms with E-state index in [1.807, 2.05) is 0 Å².